The summed E-state index contributed by atoms with van der Waals surface area (Å²) >= 11 is 6.88. The predicted molar refractivity (Wildman–Crippen MR) is 93.3 cm³/mol. The second-order valence-corrected chi connectivity index (χ2v) is 8.46. The molecule has 0 aliphatic carbocycles. The zero-order valence-electron chi connectivity index (χ0n) is 11.4. The lowest BCUT2D eigenvalue weighted by Crippen LogP contribution is -2.09. The molecule has 0 saturated heterocycles. The highest BCUT2D eigenvalue weighted by Crippen LogP contribution is 2.26. The highest BCUT2D eigenvalue weighted by molar-refractivity contribution is 9.13. The second kappa shape index (κ2) is 6.94. The topological polar surface area (TPSA) is 46.2 Å². The first-order valence-electron chi connectivity index (χ1n) is 6.43. The zero-order chi connectivity index (χ0) is 15.5. The average molecular weight is 433 g/mol. The lowest BCUT2D eigenvalue weighted by molar-refractivity contribution is 0.597. The first kappa shape index (κ1) is 16.5. The maximum atomic E-state index is 12.1. The van der Waals surface area contributed by atoms with Crippen molar-refractivity contribution >= 4 is 47.4 Å². The van der Waals surface area contributed by atoms with Crippen molar-refractivity contribution in [1.82, 2.24) is 0 Å². The summed E-state index contributed by atoms with van der Waals surface area (Å²) in [5.41, 5.74) is 1.70. The van der Waals surface area contributed by atoms with Gasteiger partial charge in [0.05, 0.1) is 16.3 Å². The Hall–Kier alpha value is -0.850. The van der Waals surface area contributed by atoms with Gasteiger partial charge < -0.3 is 5.32 Å². The molecule has 0 aliphatic rings. The molecule has 3 nitrogen and oxygen atoms in total. The number of hydrogen-bond donors (Lipinski definition) is 1. The van der Waals surface area contributed by atoms with Crippen LogP contribution in [0.3, 0.4) is 0 Å². The molecule has 0 unspecified atom stereocenters. The Kier molecular flexibility index (Phi) is 5.46. The van der Waals surface area contributed by atoms with Gasteiger partial charge in [0.1, 0.15) is 0 Å². The van der Waals surface area contributed by atoms with Gasteiger partial charge in [-0.1, -0.05) is 25.1 Å². The fraction of sp³-hybridized carbons (Fsp3) is 0.200. The van der Waals surface area contributed by atoms with Crippen LogP contribution < -0.4 is 5.32 Å². The van der Waals surface area contributed by atoms with Crippen LogP contribution in [0.5, 0.6) is 0 Å². The highest BCUT2D eigenvalue weighted by atomic mass is 79.9. The molecule has 0 aliphatic heterocycles. The summed E-state index contributed by atoms with van der Waals surface area (Å²) in [6.45, 7) is 2.21. The minimum absolute atomic E-state index is 0.0928. The van der Waals surface area contributed by atoms with Crippen LogP contribution in [0.4, 0.5) is 5.69 Å². The van der Waals surface area contributed by atoms with Crippen LogP contribution in [0.1, 0.15) is 12.5 Å². The summed E-state index contributed by atoms with van der Waals surface area (Å²) in [7, 11) is -3.23. The summed E-state index contributed by atoms with van der Waals surface area (Å²) in [4.78, 5) is 0.351. The Morgan fingerprint density at radius 1 is 1.05 bits per heavy atom. The number of para-hydroxylation sites is 1. The van der Waals surface area contributed by atoms with Gasteiger partial charge in [-0.2, -0.15) is 0 Å². The van der Waals surface area contributed by atoms with E-state index in [1.54, 1.807) is 25.1 Å². The second-order valence-electron chi connectivity index (χ2n) is 4.50. The lowest BCUT2D eigenvalue weighted by Gasteiger charge is -2.12. The van der Waals surface area contributed by atoms with Crippen molar-refractivity contribution in [1.29, 1.82) is 0 Å². The maximum absolute atomic E-state index is 12.1. The Labute approximate surface area is 141 Å². The minimum atomic E-state index is -3.23. The van der Waals surface area contributed by atoms with Crippen molar-refractivity contribution < 1.29 is 8.42 Å². The Bertz CT molecular complexity index is 745. The van der Waals surface area contributed by atoms with E-state index in [1.807, 2.05) is 24.3 Å². The number of halogens is 2. The number of benzene rings is 2. The normalized spacial score (nSPS) is 11.4. The molecule has 0 radical (unpaired) electrons. The van der Waals surface area contributed by atoms with Gasteiger partial charge in [0.15, 0.2) is 9.84 Å². The van der Waals surface area contributed by atoms with Gasteiger partial charge in [-0.3, -0.25) is 0 Å². The van der Waals surface area contributed by atoms with Crippen LogP contribution >= 0.6 is 31.9 Å². The average Bonchev–Trinajstić information content (AvgIpc) is 2.49. The van der Waals surface area contributed by atoms with Crippen LogP contribution in [-0.4, -0.2) is 14.2 Å². The smallest absolute Gasteiger partial charge is 0.180 e. The summed E-state index contributed by atoms with van der Waals surface area (Å²) in [6, 6.07) is 12.9. The van der Waals surface area contributed by atoms with Crippen molar-refractivity contribution in [3.8, 4) is 0 Å². The Balaban J connectivity index is 2.23. The summed E-state index contributed by atoms with van der Waals surface area (Å²) in [6.07, 6.45) is 0. The SMILES string of the molecule is CCS(=O)(=O)c1ccccc1NCc1ccc(Br)c(Br)c1. The Morgan fingerprint density at radius 3 is 2.43 bits per heavy atom. The third kappa shape index (κ3) is 4.08. The molecule has 2 aromatic rings. The fourth-order valence-electron chi connectivity index (χ4n) is 1.89. The van der Waals surface area contributed by atoms with Gasteiger partial charge in [-0.05, 0) is 61.7 Å². The molecule has 2 rings (SSSR count). The maximum Gasteiger partial charge on any atom is 0.180 e. The third-order valence-electron chi connectivity index (χ3n) is 3.07. The van der Waals surface area contributed by atoms with Crippen molar-refractivity contribution in [3.63, 3.8) is 0 Å². The summed E-state index contributed by atoms with van der Waals surface area (Å²) < 4.78 is 26.1. The van der Waals surface area contributed by atoms with Crippen molar-refractivity contribution in [2.24, 2.45) is 0 Å². The van der Waals surface area contributed by atoms with Gasteiger partial charge in [0.2, 0.25) is 0 Å². The van der Waals surface area contributed by atoms with Crippen molar-refractivity contribution in [3.05, 3.63) is 57.0 Å². The van der Waals surface area contributed by atoms with E-state index in [0.717, 1.165) is 14.5 Å². The lowest BCUT2D eigenvalue weighted by atomic mass is 10.2. The van der Waals surface area contributed by atoms with E-state index < -0.39 is 9.84 Å². The van der Waals surface area contributed by atoms with E-state index in [-0.39, 0.29) is 5.75 Å². The third-order valence-corrected chi connectivity index (χ3v) is 6.73. The molecule has 112 valence electrons. The van der Waals surface area contributed by atoms with Gasteiger partial charge >= 0.3 is 0 Å². The molecule has 0 aromatic heterocycles. The molecule has 6 heteroatoms. The van der Waals surface area contributed by atoms with Gasteiger partial charge in [0.25, 0.3) is 0 Å². The van der Waals surface area contributed by atoms with Gasteiger partial charge in [-0.15, -0.1) is 0 Å². The Morgan fingerprint density at radius 2 is 1.76 bits per heavy atom. The number of anilines is 1. The largest absolute Gasteiger partial charge is 0.380 e. The van der Waals surface area contributed by atoms with E-state index in [4.69, 9.17) is 0 Å². The summed E-state index contributed by atoms with van der Waals surface area (Å²) in [5, 5.41) is 3.20. The predicted octanol–water partition coefficient (Wildman–Crippen LogP) is 4.62. The molecule has 21 heavy (non-hydrogen) atoms. The molecule has 0 spiro atoms. The molecule has 0 bridgehead atoms. The van der Waals surface area contributed by atoms with Crippen LogP contribution in [0.2, 0.25) is 0 Å². The molecule has 0 saturated carbocycles. The molecular formula is C15H15Br2NO2S. The van der Waals surface area contributed by atoms with E-state index in [9.17, 15) is 8.42 Å². The molecule has 0 amide bonds. The van der Waals surface area contributed by atoms with E-state index in [1.165, 1.54) is 0 Å². The summed E-state index contributed by atoms with van der Waals surface area (Å²) in [5.74, 6) is 0.0928. The van der Waals surface area contributed by atoms with Gasteiger partial charge in [0, 0.05) is 15.5 Å². The first-order chi connectivity index (χ1) is 9.94. The zero-order valence-corrected chi connectivity index (χ0v) is 15.4. The molecule has 1 N–H and O–H groups in total. The van der Waals surface area contributed by atoms with Crippen LogP contribution in [0, 0.1) is 0 Å². The molecular weight excluding hydrogens is 418 g/mol. The van der Waals surface area contributed by atoms with Crippen molar-refractivity contribution in [2.45, 2.75) is 18.4 Å². The van der Waals surface area contributed by atoms with Crippen molar-refractivity contribution in [2.75, 3.05) is 11.1 Å². The van der Waals surface area contributed by atoms with Crippen LogP contribution in [0.15, 0.2) is 56.3 Å². The molecule has 0 heterocycles. The molecule has 0 atom stereocenters. The fourth-order valence-corrected chi connectivity index (χ4v) is 3.63. The van der Waals surface area contributed by atoms with E-state index >= 15 is 0 Å². The van der Waals surface area contributed by atoms with E-state index in [2.05, 4.69) is 37.2 Å². The standard InChI is InChI=1S/C15H15Br2NO2S/c1-2-21(19,20)15-6-4-3-5-14(15)18-10-11-7-8-12(16)13(17)9-11/h3-9,18H,2,10H2,1H3. The van der Waals surface area contributed by atoms with Gasteiger partial charge in [-0.25, -0.2) is 8.42 Å². The van der Waals surface area contributed by atoms with E-state index in [0.29, 0.717) is 17.1 Å². The monoisotopic (exact) mass is 431 g/mol. The molecule has 0 fully saturated rings. The number of sulfone groups is 1. The number of nitrogens with one attached hydrogen (secondary N) is 1. The van der Waals surface area contributed by atoms with Crippen LogP contribution in [0.25, 0.3) is 0 Å². The highest BCUT2D eigenvalue weighted by Gasteiger charge is 2.15. The van der Waals surface area contributed by atoms with Crippen LogP contribution in [-0.2, 0) is 16.4 Å². The number of hydrogen-bond acceptors (Lipinski definition) is 3. The first-order valence-corrected chi connectivity index (χ1v) is 9.67. The quantitative estimate of drug-likeness (QED) is 0.749. The number of rotatable bonds is 5. The minimum Gasteiger partial charge on any atom is -0.380 e. The molecule has 2 aromatic carbocycles.